The SMILES string of the molecule is COC(=O)C(C)/C=C/c1ccc(OC)c(OC)c1. The Morgan fingerprint density at radius 1 is 1.17 bits per heavy atom. The van der Waals surface area contributed by atoms with E-state index < -0.39 is 0 Å². The number of hydrogen-bond acceptors (Lipinski definition) is 4. The third-order valence-electron chi connectivity index (χ3n) is 2.56. The second kappa shape index (κ2) is 6.69. The van der Waals surface area contributed by atoms with Gasteiger partial charge in [-0.1, -0.05) is 18.2 Å². The summed E-state index contributed by atoms with van der Waals surface area (Å²) in [5, 5.41) is 0. The van der Waals surface area contributed by atoms with Crippen molar-refractivity contribution in [2.45, 2.75) is 6.92 Å². The monoisotopic (exact) mass is 250 g/mol. The van der Waals surface area contributed by atoms with Gasteiger partial charge in [-0.25, -0.2) is 0 Å². The lowest BCUT2D eigenvalue weighted by Gasteiger charge is -2.08. The Balaban J connectivity index is 2.85. The van der Waals surface area contributed by atoms with Gasteiger partial charge in [0.25, 0.3) is 0 Å². The molecular formula is C14H18O4. The Hall–Kier alpha value is -1.97. The zero-order chi connectivity index (χ0) is 13.5. The van der Waals surface area contributed by atoms with Gasteiger partial charge >= 0.3 is 5.97 Å². The molecule has 0 spiro atoms. The zero-order valence-electron chi connectivity index (χ0n) is 11.1. The Kier molecular flexibility index (Phi) is 5.24. The minimum absolute atomic E-state index is 0.258. The number of ether oxygens (including phenoxy) is 3. The van der Waals surface area contributed by atoms with Gasteiger partial charge in [-0.3, -0.25) is 4.79 Å². The second-order valence-corrected chi connectivity index (χ2v) is 3.79. The maximum absolute atomic E-state index is 11.2. The van der Waals surface area contributed by atoms with E-state index in [1.54, 1.807) is 27.2 Å². The summed E-state index contributed by atoms with van der Waals surface area (Å²) in [5.74, 6) is 0.802. The molecule has 0 fully saturated rings. The molecule has 0 heterocycles. The average Bonchev–Trinajstić information content (AvgIpc) is 2.43. The third kappa shape index (κ3) is 3.52. The summed E-state index contributed by atoms with van der Waals surface area (Å²) in [6.07, 6.45) is 3.64. The van der Waals surface area contributed by atoms with Gasteiger partial charge in [0.15, 0.2) is 11.5 Å². The highest BCUT2D eigenvalue weighted by Crippen LogP contribution is 2.28. The molecule has 1 aromatic rings. The van der Waals surface area contributed by atoms with Crippen molar-refractivity contribution in [2.75, 3.05) is 21.3 Å². The van der Waals surface area contributed by atoms with Crippen molar-refractivity contribution in [2.24, 2.45) is 5.92 Å². The summed E-state index contributed by atoms with van der Waals surface area (Å²) in [6.45, 7) is 1.78. The fourth-order valence-electron chi connectivity index (χ4n) is 1.48. The number of carbonyl (C=O) groups excluding carboxylic acids is 1. The van der Waals surface area contributed by atoms with Crippen LogP contribution in [-0.4, -0.2) is 27.3 Å². The van der Waals surface area contributed by atoms with Crippen LogP contribution in [0, 0.1) is 5.92 Å². The van der Waals surface area contributed by atoms with E-state index in [0.29, 0.717) is 11.5 Å². The lowest BCUT2D eigenvalue weighted by atomic mass is 10.1. The first-order valence-electron chi connectivity index (χ1n) is 5.60. The number of carbonyl (C=O) groups is 1. The molecule has 1 aromatic carbocycles. The van der Waals surface area contributed by atoms with Gasteiger partial charge in [0.2, 0.25) is 0 Å². The molecule has 0 bridgehead atoms. The van der Waals surface area contributed by atoms with Gasteiger partial charge in [-0.2, -0.15) is 0 Å². The number of esters is 1. The molecule has 4 nitrogen and oxygen atoms in total. The Morgan fingerprint density at radius 3 is 2.39 bits per heavy atom. The quantitative estimate of drug-likeness (QED) is 0.753. The predicted octanol–water partition coefficient (Wildman–Crippen LogP) is 2.53. The largest absolute Gasteiger partial charge is 0.493 e. The summed E-state index contributed by atoms with van der Waals surface area (Å²) in [4.78, 5) is 11.2. The Morgan fingerprint density at radius 2 is 1.83 bits per heavy atom. The average molecular weight is 250 g/mol. The van der Waals surface area contributed by atoms with Crippen LogP contribution in [0.3, 0.4) is 0 Å². The molecule has 1 rings (SSSR count). The van der Waals surface area contributed by atoms with Crippen LogP contribution in [0.5, 0.6) is 11.5 Å². The number of hydrogen-bond donors (Lipinski definition) is 0. The molecule has 0 aliphatic heterocycles. The van der Waals surface area contributed by atoms with Crippen molar-refractivity contribution in [3.8, 4) is 11.5 Å². The van der Waals surface area contributed by atoms with Crippen molar-refractivity contribution < 1.29 is 19.0 Å². The minimum atomic E-state index is -0.275. The highest BCUT2D eigenvalue weighted by molar-refractivity contribution is 5.75. The topological polar surface area (TPSA) is 44.8 Å². The first-order chi connectivity index (χ1) is 8.62. The highest BCUT2D eigenvalue weighted by atomic mass is 16.5. The van der Waals surface area contributed by atoms with Crippen LogP contribution < -0.4 is 9.47 Å². The van der Waals surface area contributed by atoms with Crippen molar-refractivity contribution in [3.63, 3.8) is 0 Å². The molecule has 0 aliphatic rings. The van der Waals surface area contributed by atoms with Crippen molar-refractivity contribution >= 4 is 12.0 Å². The molecule has 4 heteroatoms. The summed E-state index contributed by atoms with van der Waals surface area (Å²) in [6, 6.07) is 5.56. The summed E-state index contributed by atoms with van der Waals surface area (Å²) in [7, 11) is 4.55. The van der Waals surface area contributed by atoms with Gasteiger partial charge in [0.1, 0.15) is 0 Å². The fourth-order valence-corrected chi connectivity index (χ4v) is 1.48. The van der Waals surface area contributed by atoms with Crippen LogP contribution in [0.25, 0.3) is 6.08 Å². The number of benzene rings is 1. The van der Waals surface area contributed by atoms with Crippen LogP contribution >= 0.6 is 0 Å². The van der Waals surface area contributed by atoms with Crippen LogP contribution in [0.1, 0.15) is 12.5 Å². The number of rotatable bonds is 5. The molecule has 98 valence electrons. The zero-order valence-corrected chi connectivity index (χ0v) is 11.1. The molecule has 0 amide bonds. The van der Waals surface area contributed by atoms with E-state index in [0.717, 1.165) is 5.56 Å². The van der Waals surface area contributed by atoms with E-state index in [4.69, 9.17) is 9.47 Å². The standard InChI is InChI=1S/C14H18O4/c1-10(14(15)18-4)5-6-11-7-8-12(16-2)13(9-11)17-3/h5-10H,1-4H3/b6-5+. The molecule has 0 aromatic heterocycles. The molecule has 18 heavy (non-hydrogen) atoms. The Labute approximate surface area is 107 Å². The van der Waals surface area contributed by atoms with E-state index in [-0.39, 0.29) is 11.9 Å². The minimum Gasteiger partial charge on any atom is -0.493 e. The predicted molar refractivity (Wildman–Crippen MR) is 69.8 cm³/mol. The maximum Gasteiger partial charge on any atom is 0.312 e. The van der Waals surface area contributed by atoms with Crippen molar-refractivity contribution in [1.82, 2.24) is 0 Å². The van der Waals surface area contributed by atoms with Gasteiger partial charge in [0, 0.05) is 0 Å². The lowest BCUT2D eigenvalue weighted by Crippen LogP contribution is -2.09. The van der Waals surface area contributed by atoms with E-state index >= 15 is 0 Å². The Bertz CT molecular complexity index is 437. The van der Waals surface area contributed by atoms with Crippen LogP contribution in [0.15, 0.2) is 24.3 Å². The molecule has 0 saturated carbocycles. The molecule has 0 saturated heterocycles. The van der Waals surface area contributed by atoms with Gasteiger partial charge in [-0.15, -0.1) is 0 Å². The van der Waals surface area contributed by atoms with E-state index in [9.17, 15) is 4.79 Å². The first kappa shape index (κ1) is 14.1. The molecule has 1 atom stereocenters. The molecular weight excluding hydrogens is 232 g/mol. The van der Waals surface area contributed by atoms with E-state index in [1.807, 2.05) is 24.3 Å². The smallest absolute Gasteiger partial charge is 0.312 e. The second-order valence-electron chi connectivity index (χ2n) is 3.79. The van der Waals surface area contributed by atoms with Crippen LogP contribution in [0.2, 0.25) is 0 Å². The van der Waals surface area contributed by atoms with E-state index in [2.05, 4.69) is 4.74 Å². The third-order valence-corrected chi connectivity index (χ3v) is 2.56. The molecule has 0 aliphatic carbocycles. The summed E-state index contributed by atoms with van der Waals surface area (Å²) >= 11 is 0. The van der Waals surface area contributed by atoms with Gasteiger partial charge < -0.3 is 14.2 Å². The molecule has 0 radical (unpaired) electrons. The van der Waals surface area contributed by atoms with Crippen LogP contribution in [0.4, 0.5) is 0 Å². The van der Waals surface area contributed by atoms with Crippen molar-refractivity contribution in [1.29, 1.82) is 0 Å². The normalized spacial score (nSPS) is 12.2. The van der Waals surface area contributed by atoms with Crippen molar-refractivity contribution in [3.05, 3.63) is 29.8 Å². The number of methoxy groups -OCH3 is 3. The first-order valence-corrected chi connectivity index (χ1v) is 5.60. The fraction of sp³-hybridized carbons (Fsp3) is 0.357. The molecule has 1 unspecified atom stereocenters. The van der Waals surface area contributed by atoms with Gasteiger partial charge in [0.05, 0.1) is 27.2 Å². The maximum atomic E-state index is 11.2. The van der Waals surface area contributed by atoms with Crippen LogP contribution in [-0.2, 0) is 9.53 Å². The summed E-state index contributed by atoms with van der Waals surface area (Å²) < 4.78 is 15.0. The highest BCUT2D eigenvalue weighted by Gasteiger charge is 2.08. The molecule has 0 N–H and O–H groups in total. The summed E-state index contributed by atoms with van der Waals surface area (Å²) in [5.41, 5.74) is 0.934. The lowest BCUT2D eigenvalue weighted by molar-refractivity contribution is -0.143. The van der Waals surface area contributed by atoms with Gasteiger partial charge in [-0.05, 0) is 24.6 Å². The van der Waals surface area contributed by atoms with E-state index in [1.165, 1.54) is 7.11 Å².